The lowest BCUT2D eigenvalue weighted by Gasteiger charge is -2.35. The summed E-state index contributed by atoms with van der Waals surface area (Å²) in [6.07, 6.45) is 2.49. The van der Waals surface area contributed by atoms with Crippen LogP contribution in [0.4, 0.5) is 0 Å². The van der Waals surface area contributed by atoms with Crippen molar-refractivity contribution in [3.05, 3.63) is 16.6 Å². The topological polar surface area (TPSA) is 54.9 Å². The van der Waals surface area contributed by atoms with E-state index in [1.807, 2.05) is 16.5 Å². The molecular weight excluding hydrogens is 326 g/mol. The van der Waals surface area contributed by atoms with Gasteiger partial charge < -0.3 is 14.4 Å². The number of aromatic nitrogens is 1. The van der Waals surface area contributed by atoms with E-state index in [1.54, 1.807) is 11.3 Å². The van der Waals surface area contributed by atoms with Crippen LogP contribution in [0.2, 0.25) is 0 Å². The molecule has 0 aromatic carbocycles. The van der Waals surface area contributed by atoms with Gasteiger partial charge in [0.1, 0.15) is 5.01 Å². The van der Waals surface area contributed by atoms with Crippen LogP contribution in [0.15, 0.2) is 11.6 Å². The van der Waals surface area contributed by atoms with Crippen LogP contribution in [-0.4, -0.2) is 73.3 Å². The molecule has 1 amide bonds. The van der Waals surface area contributed by atoms with Crippen molar-refractivity contribution < 1.29 is 14.3 Å². The molecule has 3 atom stereocenters. The van der Waals surface area contributed by atoms with Gasteiger partial charge >= 0.3 is 0 Å². The van der Waals surface area contributed by atoms with Gasteiger partial charge in [-0.05, 0) is 17.8 Å². The van der Waals surface area contributed by atoms with Crippen LogP contribution in [0.5, 0.6) is 0 Å². The zero-order valence-corrected chi connectivity index (χ0v) is 14.7. The van der Waals surface area contributed by atoms with Crippen molar-refractivity contribution in [2.24, 2.45) is 17.8 Å². The Kier molecular flexibility index (Phi) is 5.12. The predicted octanol–water partition coefficient (Wildman–Crippen LogP) is 1.09. The lowest BCUT2D eigenvalue weighted by atomic mass is 9.81. The molecule has 6 nitrogen and oxygen atoms in total. The molecule has 4 rings (SSSR count). The van der Waals surface area contributed by atoms with Crippen LogP contribution in [0.25, 0.3) is 0 Å². The Morgan fingerprint density at radius 3 is 2.92 bits per heavy atom. The Morgan fingerprint density at radius 2 is 2.12 bits per heavy atom. The summed E-state index contributed by atoms with van der Waals surface area (Å²) in [6.45, 7) is 7.41. The molecule has 0 radical (unpaired) electrons. The Labute approximate surface area is 146 Å². The first-order valence-corrected chi connectivity index (χ1v) is 9.71. The molecule has 3 aliphatic heterocycles. The summed E-state index contributed by atoms with van der Waals surface area (Å²) in [5.74, 6) is 1.75. The van der Waals surface area contributed by atoms with Gasteiger partial charge in [-0.25, -0.2) is 4.98 Å². The lowest BCUT2D eigenvalue weighted by molar-refractivity contribution is -0.138. The average Bonchev–Trinajstić information content (AvgIpc) is 3.26. The molecule has 7 heteroatoms. The molecule has 0 N–H and O–H groups in total. The second kappa shape index (κ2) is 7.47. The first-order chi connectivity index (χ1) is 11.8. The van der Waals surface area contributed by atoms with Gasteiger partial charge in [-0.15, -0.1) is 11.3 Å². The number of amides is 1. The van der Waals surface area contributed by atoms with E-state index >= 15 is 0 Å². The monoisotopic (exact) mass is 351 g/mol. The van der Waals surface area contributed by atoms with E-state index in [2.05, 4.69) is 9.88 Å². The Bertz CT molecular complexity index is 547. The quantitative estimate of drug-likeness (QED) is 0.813. The summed E-state index contributed by atoms with van der Waals surface area (Å²) in [6, 6.07) is 0. The van der Waals surface area contributed by atoms with Crippen molar-refractivity contribution in [3.8, 4) is 0 Å². The highest BCUT2D eigenvalue weighted by atomic mass is 32.1. The molecule has 1 aromatic rings. The van der Waals surface area contributed by atoms with Gasteiger partial charge in [0.25, 0.3) is 0 Å². The number of likely N-dealkylation sites (tertiary alicyclic amines) is 1. The summed E-state index contributed by atoms with van der Waals surface area (Å²) < 4.78 is 11.2. The third-order valence-corrected chi connectivity index (χ3v) is 6.24. The Morgan fingerprint density at radius 1 is 1.25 bits per heavy atom. The molecule has 4 heterocycles. The fourth-order valence-corrected chi connectivity index (χ4v) is 4.88. The zero-order chi connectivity index (χ0) is 16.4. The van der Waals surface area contributed by atoms with Gasteiger partial charge in [0.05, 0.1) is 33.0 Å². The average molecular weight is 351 g/mol. The minimum absolute atomic E-state index is 0.269. The summed E-state index contributed by atoms with van der Waals surface area (Å²) in [5.41, 5.74) is 0. The Balaban J connectivity index is 1.35. The second-order valence-electron chi connectivity index (χ2n) is 7.04. The molecule has 0 bridgehead atoms. The van der Waals surface area contributed by atoms with Crippen molar-refractivity contribution >= 4 is 17.2 Å². The summed E-state index contributed by atoms with van der Waals surface area (Å²) in [5, 5.41) is 3.21. The summed E-state index contributed by atoms with van der Waals surface area (Å²) in [4.78, 5) is 21.4. The highest BCUT2D eigenvalue weighted by Gasteiger charge is 2.42. The third kappa shape index (κ3) is 3.64. The molecule has 0 aliphatic carbocycles. The van der Waals surface area contributed by atoms with E-state index in [-0.39, 0.29) is 5.91 Å². The lowest BCUT2D eigenvalue weighted by Crippen LogP contribution is -2.44. The number of rotatable bonds is 4. The zero-order valence-electron chi connectivity index (χ0n) is 13.9. The van der Waals surface area contributed by atoms with E-state index in [1.165, 1.54) is 5.01 Å². The van der Waals surface area contributed by atoms with Crippen LogP contribution in [0.1, 0.15) is 11.4 Å². The van der Waals surface area contributed by atoms with E-state index in [9.17, 15) is 4.79 Å². The molecule has 132 valence electrons. The highest BCUT2D eigenvalue weighted by Crippen LogP contribution is 2.36. The summed E-state index contributed by atoms with van der Waals surface area (Å²) in [7, 11) is 0. The van der Waals surface area contributed by atoms with Crippen molar-refractivity contribution in [1.29, 1.82) is 0 Å². The number of hydrogen-bond donors (Lipinski definition) is 0. The maximum atomic E-state index is 12.6. The molecule has 0 saturated carbocycles. The second-order valence-corrected chi connectivity index (χ2v) is 8.02. The molecule has 3 aliphatic rings. The van der Waals surface area contributed by atoms with Gasteiger partial charge in [-0.2, -0.15) is 0 Å². The van der Waals surface area contributed by atoms with E-state index in [0.29, 0.717) is 37.4 Å². The number of thiazole rings is 1. The molecule has 1 aromatic heterocycles. The highest BCUT2D eigenvalue weighted by molar-refractivity contribution is 7.09. The van der Waals surface area contributed by atoms with Gasteiger partial charge in [-0.3, -0.25) is 9.69 Å². The Hall–Kier alpha value is -1.02. The standard InChI is InChI=1S/C17H25N3O3S/c21-17(20-2-4-22-5-3-20)7-13-11-23-12-14-8-19(9-15(13)14)10-16-18-1-6-24-16/h1,6,13-15H,2-5,7-12H2/t13-,14-,15+/m1/s1. The largest absolute Gasteiger partial charge is 0.381 e. The first-order valence-electron chi connectivity index (χ1n) is 8.83. The maximum absolute atomic E-state index is 12.6. The van der Waals surface area contributed by atoms with Crippen LogP contribution < -0.4 is 0 Å². The molecular formula is C17H25N3O3S. The van der Waals surface area contributed by atoms with Gasteiger partial charge in [0.2, 0.25) is 5.91 Å². The number of ether oxygens (including phenoxy) is 2. The number of carbonyl (C=O) groups excluding carboxylic acids is 1. The van der Waals surface area contributed by atoms with Gasteiger partial charge in [0, 0.05) is 44.2 Å². The molecule has 0 unspecified atom stereocenters. The minimum atomic E-state index is 0.269. The molecule has 3 saturated heterocycles. The van der Waals surface area contributed by atoms with E-state index in [0.717, 1.165) is 45.9 Å². The number of fused-ring (bicyclic) bond motifs is 1. The predicted molar refractivity (Wildman–Crippen MR) is 90.7 cm³/mol. The van der Waals surface area contributed by atoms with Crippen molar-refractivity contribution in [3.63, 3.8) is 0 Å². The van der Waals surface area contributed by atoms with Gasteiger partial charge in [-0.1, -0.05) is 0 Å². The van der Waals surface area contributed by atoms with Crippen LogP contribution in [-0.2, 0) is 20.8 Å². The number of hydrogen-bond acceptors (Lipinski definition) is 6. The normalized spacial score (nSPS) is 31.2. The number of nitrogens with zero attached hydrogens (tertiary/aromatic N) is 3. The SMILES string of the molecule is O=C(C[C@@H]1COC[C@H]2CN(Cc3nccs3)C[C@@H]12)N1CCOCC1. The van der Waals surface area contributed by atoms with E-state index < -0.39 is 0 Å². The van der Waals surface area contributed by atoms with Crippen LogP contribution in [0.3, 0.4) is 0 Å². The van der Waals surface area contributed by atoms with Crippen molar-refractivity contribution in [2.45, 2.75) is 13.0 Å². The summed E-state index contributed by atoms with van der Waals surface area (Å²) >= 11 is 1.72. The molecule has 0 spiro atoms. The fraction of sp³-hybridized carbons (Fsp3) is 0.765. The number of carbonyl (C=O) groups is 1. The maximum Gasteiger partial charge on any atom is 0.223 e. The van der Waals surface area contributed by atoms with Gasteiger partial charge in [0.15, 0.2) is 0 Å². The molecule has 3 fully saturated rings. The minimum Gasteiger partial charge on any atom is -0.381 e. The third-order valence-electron chi connectivity index (χ3n) is 5.48. The fourth-order valence-electron chi connectivity index (χ4n) is 4.22. The van der Waals surface area contributed by atoms with Crippen LogP contribution in [0, 0.1) is 17.8 Å². The molecule has 24 heavy (non-hydrogen) atoms. The van der Waals surface area contributed by atoms with Crippen molar-refractivity contribution in [1.82, 2.24) is 14.8 Å². The number of morpholine rings is 1. The first kappa shape index (κ1) is 16.4. The van der Waals surface area contributed by atoms with Crippen molar-refractivity contribution in [2.75, 3.05) is 52.6 Å². The van der Waals surface area contributed by atoms with Crippen LogP contribution >= 0.6 is 11.3 Å². The smallest absolute Gasteiger partial charge is 0.223 e. The van der Waals surface area contributed by atoms with E-state index in [4.69, 9.17) is 9.47 Å².